The number of aromatic amines is 1. The predicted octanol–water partition coefficient (Wildman–Crippen LogP) is 4.33. The van der Waals surface area contributed by atoms with Gasteiger partial charge in [-0.15, -0.1) is 0 Å². The van der Waals surface area contributed by atoms with Gasteiger partial charge in [-0.3, -0.25) is 9.59 Å². The van der Waals surface area contributed by atoms with E-state index < -0.39 is 0 Å². The number of amides is 2. The minimum absolute atomic E-state index is 0.212. The van der Waals surface area contributed by atoms with Crippen molar-refractivity contribution in [2.24, 2.45) is 0 Å². The summed E-state index contributed by atoms with van der Waals surface area (Å²) in [4.78, 5) is 32.4. The van der Waals surface area contributed by atoms with E-state index in [1.54, 1.807) is 50.2 Å². The van der Waals surface area contributed by atoms with Crippen LogP contribution in [0.2, 0.25) is 0 Å². The molecule has 0 aliphatic rings. The Morgan fingerprint density at radius 1 is 0.788 bits per heavy atom. The fourth-order valence-electron chi connectivity index (χ4n) is 3.27. The van der Waals surface area contributed by atoms with Crippen molar-refractivity contribution in [3.8, 4) is 11.4 Å². The minimum atomic E-state index is -0.357. The zero-order chi connectivity index (χ0) is 22.9. The zero-order valence-corrected chi connectivity index (χ0v) is 17.7. The number of hydrogen-bond acceptors (Lipinski definition) is 7. The van der Waals surface area contributed by atoms with E-state index in [-0.39, 0.29) is 23.2 Å². The third-order valence-electron chi connectivity index (χ3n) is 4.88. The van der Waals surface area contributed by atoms with Gasteiger partial charge in [0, 0.05) is 29.1 Å². The highest BCUT2D eigenvalue weighted by molar-refractivity contribution is 6.04. The molecule has 10 heteroatoms. The zero-order valence-electron chi connectivity index (χ0n) is 17.7. The normalized spacial score (nSPS) is 11.0. The number of anilines is 2. The lowest BCUT2D eigenvalue weighted by Crippen LogP contribution is -2.12. The Bertz CT molecular complexity index is 1480. The average molecular weight is 442 g/mol. The van der Waals surface area contributed by atoms with Gasteiger partial charge in [0.2, 0.25) is 0 Å². The molecular weight excluding hydrogens is 424 g/mol. The van der Waals surface area contributed by atoms with Crippen LogP contribution in [0.4, 0.5) is 11.4 Å². The van der Waals surface area contributed by atoms with Gasteiger partial charge in [-0.25, -0.2) is 4.98 Å². The van der Waals surface area contributed by atoms with E-state index in [0.29, 0.717) is 28.7 Å². The van der Waals surface area contributed by atoms with Crippen molar-refractivity contribution < 1.29 is 18.6 Å². The maximum atomic E-state index is 12.3. The highest BCUT2D eigenvalue weighted by atomic mass is 16.5. The summed E-state index contributed by atoms with van der Waals surface area (Å²) in [5.41, 5.74) is 4.00. The van der Waals surface area contributed by atoms with Gasteiger partial charge in [-0.2, -0.15) is 0 Å². The molecule has 0 aliphatic heterocycles. The monoisotopic (exact) mass is 442 g/mol. The molecule has 5 aromatic rings. The maximum absolute atomic E-state index is 12.3. The summed E-state index contributed by atoms with van der Waals surface area (Å²) in [5, 5.41) is 13.0. The summed E-state index contributed by atoms with van der Waals surface area (Å²) in [5.74, 6) is 1.08. The fraction of sp³-hybridized carbons (Fsp3) is 0.0870. The first kappa shape index (κ1) is 20.2. The smallest absolute Gasteiger partial charge is 0.277 e. The molecule has 0 saturated heterocycles. The number of rotatable bonds is 5. The van der Waals surface area contributed by atoms with E-state index in [4.69, 9.17) is 9.05 Å². The second-order valence-electron chi connectivity index (χ2n) is 7.45. The number of H-pyrrole nitrogens is 1. The van der Waals surface area contributed by atoms with Crippen LogP contribution in [-0.4, -0.2) is 32.1 Å². The van der Waals surface area contributed by atoms with Crippen LogP contribution >= 0.6 is 0 Å². The molecule has 0 unspecified atom stereocenters. The third kappa shape index (κ3) is 4.22. The van der Waals surface area contributed by atoms with E-state index in [1.807, 2.05) is 18.2 Å². The quantitative estimate of drug-likeness (QED) is 0.368. The second-order valence-corrected chi connectivity index (χ2v) is 7.45. The van der Waals surface area contributed by atoms with E-state index >= 15 is 0 Å². The first-order valence-electron chi connectivity index (χ1n) is 10.0. The summed E-state index contributed by atoms with van der Waals surface area (Å²) >= 11 is 0. The molecule has 0 fully saturated rings. The Kier molecular flexibility index (Phi) is 4.94. The number of fused-ring (bicyclic) bond motifs is 1. The van der Waals surface area contributed by atoms with Crippen LogP contribution in [0.3, 0.4) is 0 Å². The molecule has 2 aromatic carbocycles. The van der Waals surface area contributed by atoms with Crippen molar-refractivity contribution in [3.05, 3.63) is 77.5 Å². The number of carbonyl (C=O) groups excluding carboxylic acids is 2. The number of imidazole rings is 1. The molecule has 33 heavy (non-hydrogen) atoms. The molecule has 3 aromatic heterocycles. The van der Waals surface area contributed by atoms with Gasteiger partial charge in [0.05, 0.1) is 11.0 Å². The molecule has 2 amide bonds. The molecule has 0 bridgehead atoms. The molecule has 0 aliphatic carbocycles. The Hall–Kier alpha value is -4.73. The molecule has 10 nitrogen and oxygen atoms in total. The Morgan fingerprint density at radius 2 is 1.36 bits per heavy atom. The van der Waals surface area contributed by atoms with E-state index in [1.165, 1.54) is 0 Å². The molecule has 164 valence electrons. The Morgan fingerprint density at radius 3 is 1.94 bits per heavy atom. The maximum Gasteiger partial charge on any atom is 0.277 e. The number of aryl methyl sites for hydroxylation is 2. The van der Waals surface area contributed by atoms with Crippen molar-refractivity contribution in [2.75, 3.05) is 10.6 Å². The SMILES string of the molecule is Cc1cc(C(=O)Nc2ccc(-c3nc4ccc(NC(=O)c5cc(C)on5)cc4[nH]3)cc2)no1. The molecule has 5 rings (SSSR count). The van der Waals surface area contributed by atoms with Crippen LogP contribution in [0.25, 0.3) is 22.4 Å². The van der Waals surface area contributed by atoms with Gasteiger partial charge in [0.25, 0.3) is 11.8 Å². The number of benzene rings is 2. The highest BCUT2D eigenvalue weighted by Crippen LogP contribution is 2.24. The molecule has 3 N–H and O–H groups in total. The van der Waals surface area contributed by atoms with Crippen LogP contribution in [0, 0.1) is 13.8 Å². The van der Waals surface area contributed by atoms with Crippen LogP contribution in [0.5, 0.6) is 0 Å². The van der Waals surface area contributed by atoms with E-state index in [2.05, 4.69) is 30.9 Å². The van der Waals surface area contributed by atoms with Gasteiger partial charge in [-0.1, -0.05) is 10.3 Å². The van der Waals surface area contributed by atoms with Crippen molar-refractivity contribution in [2.45, 2.75) is 13.8 Å². The number of carbonyl (C=O) groups is 2. The summed E-state index contributed by atoms with van der Waals surface area (Å²) in [6.07, 6.45) is 0. The van der Waals surface area contributed by atoms with Crippen molar-refractivity contribution >= 4 is 34.2 Å². The van der Waals surface area contributed by atoms with Crippen molar-refractivity contribution in [3.63, 3.8) is 0 Å². The summed E-state index contributed by atoms with van der Waals surface area (Å²) < 4.78 is 9.87. The van der Waals surface area contributed by atoms with Gasteiger partial charge >= 0.3 is 0 Å². The minimum Gasteiger partial charge on any atom is -0.361 e. The van der Waals surface area contributed by atoms with Crippen molar-refractivity contribution in [1.82, 2.24) is 20.3 Å². The van der Waals surface area contributed by atoms with Crippen LogP contribution in [0.15, 0.2) is 63.6 Å². The molecule has 0 spiro atoms. The van der Waals surface area contributed by atoms with Gasteiger partial charge in [0.1, 0.15) is 17.3 Å². The van der Waals surface area contributed by atoms with Crippen molar-refractivity contribution in [1.29, 1.82) is 0 Å². The first-order chi connectivity index (χ1) is 15.9. The van der Waals surface area contributed by atoms with Crippen LogP contribution in [-0.2, 0) is 0 Å². The lowest BCUT2D eigenvalue weighted by molar-refractivity contribution is 0.101. The number of aromatic nitrogens is 4. The molecule has 3 heterocycles. The summed E-state index contributed by atoms with van der Waals surface area (Å²) in [6.45, 7) is 3.44. The number of nitrogens with one attached hydrogen (secondary N) is 3. The Labute approximate surface area is 187 Å². The second kappa shape index (κ2) is 8.08. The summed E-state index contributed by atoms with van der Waals surface area (Å²) in [6, 6.07) is 15.8. The highest BCUT2D eigenvalue weighted by Gasteiger charge is 2.13. The van der Waals surface area contributed by atoms with Crippen LogP contribution < -0.4 is 10.6 Å². The third-order valence-corrected chi connectivity index (χ3v) is 4.88. The van der Waals surface area contributed by atoms with E-state index in [9.17, 15) is 9.59 Å². The van der Waals surface area contributed by atoms with Gasteiger partial charge < -0.3 is 24.7 Å². The number of hydrogen-bond donors (Lipinski definition) is 3. The lowest BCUT2D eigenvalue weighted by Gasteiger charge is -2.03. The Balaban J connectivity index is 1.31. The first-order valence-corrected chi connectivity index (χ1v) is 10.0. The van der Waals surface area contributed by atoms with Gasteiger partial charge in [0.15, 0.2) is 11.4 Å². The molecular formula is C23H18N6O4. The lowest BCUT2D eigenvalue weighted by atomic mass is 10.2. The molecule has 0 radical (unpaired) electrons. The van der Waals surface area contributed by atoms with Gasteiger partial charge in [-0.05, 0) is 56.3 Å². The standard InChI is InChI=1S/C23H18N6O4/c1-12-9-19(28-32-12)22(30)24-15-5-3-14(4-6-15)21-26-17-8-7-16(11-18(17)27-21)25-23(31)20-10-13(2)33-29-20/h3-11H,1-2H3,(H,24,30)(H,25,31)(H,26,27). The average Bonchev–Trinajstić information content (AvgIpc) is 3.53. The summed E-state index contributed by atoms with van der Waals surface area (Å²) in [7, 11) is 0. The molecule has 0 saturated carbocycles. The topological polar surface area (TPSA) is 139 Å². The fourth-order valence-corrected chi connectivity index (χ4v) is 3.27. The number of nitrogens with zero attached hydrogens (tertiary/aromatic N) is 3. The van der Waals surface area contributed by atoms with Crippen LogP contribution in [0.1, 0.15) is 32.5 Å². The predicted molar refractivity (Wildman–Crippen MR) is 120 cm³/mol. The molecule has 0 atom stereocenters. The largest absolute Gasteiger partial charge is 0.361 e. The van der Waals surface area contributed by atoms with E-state index in [0.717, 1.165) is 16.6 Å².